The molecule has 4 nitrogen and oxygen atoms in total. The summed E-state index contributed by atoms with van der Waals surface area (Å²) >= 11 is 0. The lowest BCUT2D eigenvalue weighted by Crippen LogP contribution is -2.25. The molecule has 0 spiro atoms. The van der Waals surface area contributed by atoms with Gasteiger partial charge in [-0.25, -0.2) is 0 Å². The highest BCUT2D eigenvalue weighted by Crippen LogP contribution is 2.26. The van der Waals surface area contributed by atoms with Crippen molar-refractivity contribution in [1.29, 1.82) is 0 Å². The van der Waals surface area contributed by atoms with E-state index in [9.17, 15) is 0 Å². The van der Waals surface area contributed by atoms with Gasteiger partial charge in [0.25, 0.3) is 0 Å². The van der Waals surface area contributed by atoms with Gasteiger partial charge in [0, 0.05) is 13.2 Å². The van der Waals surface area contributed by atoms with Crippen LogP contribution in [0.1, 0.15) is 13.8 Å². The van der Waals surface area contributed by atoms with E-state index in [0.717, 1.165) is 0 Å². The van der Waals surface area contributed by atoms with Crippen molar-refractivity contribution in [1.82, 2.24) is 0 Å². The molecule has 0 radical (unpaired) electrons. The third-order valence-corrected chi connectivity index (χ3v) is 3.97. The Morgan fingerprint density at radius 1 is 0.875 bits per heavy atom. The molecule has 0 amide bonds. The molecular weight excluding hydrogens is 291 g/mol. The highest BCUT2D eigenvalue weighted by atomic mass is 35.5. The Morgan fingerprint density at radius 3 is 1.44 bits per heavy atom. The Bertz CT molecular complexity index is 125. The Morgan fingerprint density at radius 2 is 1.19 bits per heavy atom. The number of rotatable bonds is 9. The van der Waals surface area contributed by atoms with E-state index >= 15 is 0 Å². The van der Waals surface area contributed by atoms with Gasteiger partial charge in [-0.2, -0.15) is 0 Å². The van der Waals surface area contributed by atoms with Crippen LogP contribution in [0.15, 0.2) is 0 Å². The SMILES string of the molecule is CCOCC(N)SSC(N)COCC.Cl.Cl. The summed E-state index contributed by atoms with van der Waals surface area (Å²) < 4.78 is 10.4. The minimum absolute atomic E-state index is 0. The molecule has 0 aliphatic rings. The third-order valence-electron chi connectivity index (χ3n) is 1.28. The molecule has 4 N–H and O–H groups in total. The van der Waals surface area contributed by atoms with Crippen molar-refractivity contribution in [2.24, 2.45) is 11.5 Å². The van der Waals surface area contributed by atoms with Crippen molar-refractivity contribution < 1.29 is 9.47 Å². The molecule has 0 fully saturated rings. The topological polar surface area (TPSA) is 70.5 Å². The molecule has 2 unspecified atom stereocenters. The van der Waals surface area contributed by atoms with E-state index < -0.39 is 0 Å². The highest BCUT2D eigenvalue weighted by Gasteiger charge is 2.08. The van der Waals surface area contributed by atoms with Crippen LogP contribution in [0.3, 0.4) is 0 Å². The van der Waals surface area contributed by atoms with Crippen LogP contribution in [0.5, 0.6) is 0 Å². The molecule has 102 valence electrons. The van der Waals surface area contributed by atoms with E-state index in [0.29, 0.717) is 26.4 Å². The quantitative estimate of drug-likeness (QED) is 0.500. The van der Waals surface area contributed by atoms with Gasteiger partial charge in [-0.05, 0) is 13.8 Å². The Hall–Kier alpha value is 1.12. The van der Waals surface area contributed by atoms with Crippen LogP contribution in [0.4, 0.5) is 0 Å². The van der Waals surface area contributed by atoms with Crippen LogP contribution in [-0.4, -0.2) is 37.2 Å². The Kier molecular flexibility index (Phi) is 22.5. The summed E-state index contributed by atoms with van der Waals surface area (Å²) in [5, 5.41) is -0.0414. The zero-order chi connectivity index (χ0) is 10.8. The van der Waals surface area contributed by atoms with Gasteiger partial charge in [0.1, 0.15) is 0 Å². The zero-order valence-corrected chi connectivity index (χ0v) is 12.9. The van der Waals surface area contributed by atoms with Gasteiger partial charge in [0.05, 0.1) is 24.0 Å². The molecule has 16 heavy (non-hydrogen) atoms. The van der Waals surface area contributed by atoms with E-state index in [1.165, 1.54) is 21.6 Å². The van der Waals surface area contributed by atoms with Crippen LogP contribution in [0.2, 0.25) is 0 Å². The fourth-order valence-electron chi connectivity index (χ4n) is 0.666. The van der Waals surface area contributed by atoms with Gasteiger partial charge < -0.3 is 20.9 Å². The first-order valence-corrected chi connectivity index (χ1v) is 6.97. The first-order valence-electron chi connectivity index (χ1n) is 4.69. The maximum atomic E-state index is 5.76. The van der Waals surface area contributed by atoms with Gasteiger partial charge in [-0.1, -0.05) is 21.6 Å². The Balaban J connectivity index is -0.000000845. The normalized spacial score (nSPS) is 13.5. The molecule has 0 bridgehead atoms. The summed E-state index contributed by atoms with van der Waals surface area (Å²) in [4.78, 5) is 0. The van der Waals surface area contributed by atoms with Crippen molar-refractivity contribution in [2.45, 2.75) is 24.6 Å². The summed E-state index contributed by atoms with van der Waals surface area (Å²) in [5.41, 5.74) is 11.5. The lowest BCUT2D eigenvalue weighted by atomic mass is 10.7. The highest BCUT2D eigenvalue weighted by molar-refractivity contribution is 8.77. The largest absolute Gasteiger partial charge is 0.379 e. The predicted molar refractivity (Wildman–Crippen MR) is 78.6 cm³/mol. The minimum atomic E-state index is -0.0207. The summed E-state index contributed by atoms with van der Waals surface area (Å²) in [6.07, 6.45) is 0. The monoisotopic (exact) mass is 312 g/mol. The molecule has 0 saturated carbocycles. The summed E-state index contributed by atoms with van der Waals surface area (Å²) in [5.74, 6) is 0. The third kappa shape index (κ3) is 15.1. The maximum Gasteiger partial charge on any atom is 0.0849 e. The smallest absolute Gasteiger partial charge is 0.0849 e. The molecule has 0 rings (SSSR count). The molecule has 2 atom stereocenters. The van der Waals surface area contributed by atoms with Crippen LogP contribution in [0.25, 0.3) is 0 Å². The van der Waals surface area contributed by atoms with Gasteiger partial charge in [0.15, 0.2) is 0 Å². The first kappa shape index (κ1) is 22.3. The molecule has 0 aliphatic heterocycles. The Labute approximate surface area is 118 Å². The van der Waals surface area contributed by atoms with Gasteiger partial charge >= 0.3 is 0 Å². The summed E-state index contributed by atoms with van der Waals surface area (Å²) in [6, 6.07) is 0. The fourth-order valence-corrected chi connectivity index (χ4v) is 2.44. The van der Waals surface area contributed by atoms with Gasteiger partial charge in [-0.15, -0.1) is 24.8 Å². The molecule has 0 saturated heterocycles. The second-order valence-corrected chi connectivity index (χ2v) is 5.34. The molecule has 0 aromatic carbocycles. The van der Waals surface area contributed by atoms with E-state index in [1.54, 1.807) is 0 Å². The zero-order valence-electron chi connectivity index (χ0n) is 9.59. The predicted octanol–water partition coefficient (Wildman–Crippen LogP) is 1.85. The van der Waals surface area contributed by atoms with Crippen LogP contribution < -0.4 is 11.5 Å². The minimum Gasteiger partial charge on any atom is -0.379 e. The summed E-state index contributed by atoms with van der Waals surface area (Å²) in [6.45, 7) is 6.43. The second kappa shape index (κ2) is 16.1. The molecule has 0 heterocycles. The van der Waals surface area contributed by atoms with Crippen LogP contribution in [0, 0.1) is 0 Å². The standard InChI is InChI=1S/C8H20N2O2S2.2ClH/c1-3-11-5-7(9)13-14-8(10)6-12-4-2;;/h7-8H,3-6,9-10H2,1-2H3;2*1H. The number of hydrogen-bond acceptors (Lipinski definition) is 6. The lowest BCUT2D eigenvalue weighted by Gasteiger charge is -2.14. The van der Waals surface area contributed by atoms with Gasteiger partial charge in [-0.3, -0.25) is 0 Å². The van der Waals surface area contributed by atoms with Gasteiger partial charge in [0.2, 0.25) is 0 Å². The lowest BCUT2D eigenvalue weighted by molar-refractivity contribution is 0.149. The van der Waals surface area contributed by atoms with Crippen LogP contribution >= 0.6 is 46.4 Å². The average Bonchev–Trinajstić information content (AvgIpc) is 2.20. The van der Waals surface area contributed by atoms with Crippen molar-refractivity contribution in [2.75, 3.05) is 26.4 Å². The van der Waals surface area contributed by atoms with Crippen molar-refractivity contribution >= 4 is 46.4 Å². The number of nitrogens with two attached hydrogens (primary N) is 2. The number of ether oxygens (including phenoxy) is 2. The molecule has 0 aromatic rings. The van der Waals surface area contributed by atoms with E-state index in [1.807, 2.05) is 13.8 Å². The number of hydrogen-bond donors (Lipinski definition) is 2. The second-order valence-electron chi connectivity index (χ2n) is 2.59. The van der Waals surface area contributed by atoms with Crippen molar-refractivity contribution in [3.05, 3.63) is 0 Å². The average molecular weight is 313 g/mol. The molecule has 8 heteroatoms. The van der Waals surface area contributed by atoms with Crippen molar-refractivity contribution in [3.63, 3.8) is 0 Å². The van der Waals surface area contributed by atoms with E-state index in [-0.39, 0.29) is 35.6 Å². The maximum absolute atomic E-state index is 5.76. The number of halogens is 2. The first-order chi connectivity index (χ1) is 6.70. The molecule has 0 aliphatic carbocycles. The molecule has 0 aromatic heterocycles. The van der Waals surface area contributed by atoms with Crippen LogP contribution in [-0.2, 0) is 9.47 Å². The van der Waals surface area contributed by atoms with Crippen molar-refractivity contribution in [3.8, 4) is 0 Å². The summed E-state index contributed by atoms with van der Waals surface area (Å²) in [7, 11) is 3.08. The van der Waals surface area contributed by atoms with E-state index in [2.05, 4.69) is 0 Å². The fraction of sp³-hybridized carbons (Fsp3) is 1.00. The molecular formula is C8H22Cl2N2O2S2. The van der Waals surface area contributed by atoms with E-state index in [4.69, 9.17) is 20.9 Å².